The SMILES string of the molecule is CC(C)COn1ncc(-c2ccc(S(C)(=O)=O)c(F)c2)cc1=O. The highest BCUT2D eigenvalue weighted by atomic mass is 32.2. The molecule has 0 saturated carbocycles. The van der Waals surface area contributed by atoms with E-state index in [-0.39, 0.29) is 10.8 Å². The third-order valence-corrected chi connectivity index (χ3v) is 4.09. The Hall–Kier alpha value is -2.22. The number of nitrogens with zero attached hydrogens (tertiary/aromatic N) is 2. The fourth-order valence-corrected chi connectivity index (χ4v) is 2.58. The largest absolute Gasteiger partial charge is 0.393 e. The summed E-state index contributed by atoms with van der Waals surface area (Å²) >= 11 is 0. The molecule has 0 spiro atoms. The molecule has 0 atom stereocenters. The van der Waals surface area contributed by atoms with Crippen LogP contribution in [0.1, 0.15) is 13.8 Å². The van der Waals surface area contributed by atoms with Crippen LogP contribution in [0.25, 0.3) is 11.1 Å². The van der Waals surface area contributed by atoms with Crippen molar-refractivity contribution in [3.63, 3.8) is 0 Å². The molecular formula is C15H17FN2O4S. The van der Waals surface area contributed by atoms with Crippen LogP contribution < -0.4 is 10.4 Å². The van der Waals surface area contributed by atoms with E-state index in [4.69, 9.17) is 4.84 Å². The van der Waals surface area contributed by atoms with Gasteiger partial charge in [0, 0.05) is 17.9 Å². The van der Waals surface area contributed by atoms with Gasteiger partial charge >= 0.3 is 5.56 Å². The second-order valence-corrected chi connectivity index (χ2v) is 7.55. The molecule has 8 heteroatoms. The van der Waals surface area contributed by atoms with Crippen LogP contribution in [0.3, 0.4) is 0 Å². The van der Waals surface area contributed by atoms with Crippen molar-refractivity contribution in [3.8, 4) is 11.1 Å². The minimum atomic E-state index is -3.64. The first-order chi connectivity index (χ1) is 10.7. The summed E-state index contributed by atoms with van der Waals surface area (Å²) in [7, 11) is -3.64. The van der Waals surface area contributed by atoms with E-state index in [1.807, 2.05) is 13.8 Å². The molecule has 0 aliphatic rings. The van der Waals surface area contributed by atoms with Crippen molar-refractivity contribution in [2.75, 3.05) is 12.9 Å². The van der Waals surface area contributed by atoms with Gasteiger partial charge in [-0.3, -0.25) is 4.79 Å². The monoisotopic (exact) mass is 340 g/mol. The summed E-state index contributed by atoms with van der Waals surface area (Å²) in [5.41, 5.74) is 0.240. The normalized spacial score (nSPS) is 11.7. The van der Waals surface area contributed by atoms with Gasteiger partial charge in [-0.1, -0.05) is 24.8 Å². The molecule has 124 valence electrons. The van der Waals surface area contributed by atoms with E-state index >= 15 is 0 Å². The second kappa shape index (κ2) is 6.49. The van der Waals surface area contributed by atoms with E-state index in [0.29, 0.717) is 17.7 Å². The Labute approximate surface area is 133 Å². The molecular weight excluding hydrogens is 323 g/mol. The molecule has 0 saturated heterocycles. The Balaban J connectivity index is 2.35. The van der Waals surface area contributed by atoms with E-state index in [0.717, 1.165) is 17.2 Å². The zero-order valence-corrected chi connectivity index (χ0v) is 13.8. The molecule has 23 heavy (non-hydrogen) atoms. The Bertz CT molecular complexity index is 875. The van der Waals surface area contributed by atoms with Gasteiger partial charge in [0.15, 0.2) is 9.84 Å². The Morgan fingerprint density at radius 2 is 1.96 bits per heavy atom. The Kier molecular flexibility index (Phi) is 4.84. The average molecular weight is 340 g/mol. The zero-order valence-electron chi connectivity index (χ0n) is 13.0. The highest BCUT2D eigenvalue weighted by molar-refractivity contribution is 7.90. The van der Waals surface area contributed by atoms with E-state index in [1.54, 1.807) is 0 Å². The van der Waals surface area contributed by atoms with Crippen LogP contribution in [-0.4, -0.2) is 31.2 Å². The molecule has 0 aliphatic carbocycles. The fraction of sp³-hybridized carbons (Fsp3) is 0.333. The highest BCUT2D eigenvalue weighted by Crippen LogP contribution is 2.22. The van der Waals surface area contributed by atoms with E-state index in [2.05, 4.69) is 5.10 Å². The van der Waals surface area contributed by atoms with Gasteiger partial charge in [0.25, 0.3) is 0 Å². The summed E-state index contributed by atoms with van der Waals surface area (Å²) in [4.78, 5) is 17.6. The maximum absolute atomic E-state index is 13.9. The van der Waals surface area contributed by atoms with Gasteiger partial charge in [-0.25, -0.2) is 12.8 Å². The highest BCUT2D eigenvalue weighted by Gasteiger charge is 2.15. The summed E-state index contributed by atoms with van der Waals surface area (Å²) in [6, 6.07) is 4.91. The van der Waals surface area contributed by atoms with Crippen LogP contribution in [0.2, 0.25) is 0 Å². The molecule has 2 rings (SSSR count). The minimum Gasteiger partial charge on any atom is -0.393 e. The third kappa shape index (κ3) is 4.16. The van der Waals surface area contributed by atoms with Gasteiger partial charge in [0.05, 0.1) is 6.20 Å². The molecule has 1 aromatic heterocycles. The lowest BCUT2D eigenvalue weighted by Crippen LogP contribution is -2.30. The summed E-state index contributed by atoms with van der Waals surface area (Å²) in [6.07, 6.45) is 2.29. The number of hydrogen-bond donors (Lipinski definition) is 0. The van der Waals surface area contributed by atoms with Crippen LogP contribution >= 0.6 is 0 Å². The molecule has 0 aliphatic heterocycles. The topological polar surface area (TPSA) is 78.3 Å². The van der Waals surface area contributed by atoms with Crippen molar-refractivity contribution < 1.29 is 17.6 Å². The van der Waals surface area contributed by atoms with Gasteiger partial charge in [-0.15, -0.1) is 5.10 Å². The third-order valence-electron chi connectivity index (χ3n) is 2.96. The summed E-state index contributed by atoms with van der Waals surface area (Å²) in [6.45, 7) is 4.21. The Morgan fingerprint density at radius 3 is 2.48 bits per heavy atom. The molecule has 1 heterocycles. The molecule has 1 aromatic carbocycles. The Morgan fingerprint density at radius 1 is 1.26 bits per heavy atom. The van der Waals surface area contributed by atoms with E-state index in [9.17, 15) is 17.6 Å². The van der Waals surface area contributed by atoms with Gasteiger partial charge in [0.2, 0.25) is 0 Å². The first-order valence-electron chi connectivity index (χ1n) is 6.91. The van der Waals surface area contributed by atoms with Gasteiger partial charge in [-0.05, 0) is 23.6 Å². The second-order valence-electron chi connectivity index (χ2n) is 5.56. The minimum absolute atomic E-state index is 0.237. The van der Waals surface area contributed by atoms with Crippen LogP contribution in [0.5, 0.6) is 0 Å². The molecule has 0 unspecified atom stereocenters. The smallest absolute Gasteiger partial charge is 0.303 e. The summed E-state index contributed by atoms with van der Waals surface area (Å²) < 4.78 is 36.7. The average Bonchev–Trinajstić information content (AvgIpc) is 2.44. The van der Waals surface area contributed by atoms with Crippen molar-refractivity contribution in [2.24, 2.45) is 5.92 Å². The first kappa shape index (κ1) is 17.1. The molecule has 0 N–H and O–H groups in total. The van der Waals surface area contributed by atoms with Crippen molar-refractivity contribution in [1.82, 2.24) is 9.94 Å². The van der Waals surface area contributed by atoms with Crippen LogP contribution in [0, 0.1) is 11.7 Å². The predicted octanol–water partition coefficient (Wildman–Crippen LogP) is 1.54. The standard InChI is InChI=1S/C15H17FN2O4S/c1-10(2)9-22-18-15(19)7-12(8-17-18)11-4-5-14(13(16)6-11)23(3,20)21/h4-8,10H,9H2,1-3H3. The maximum atomic E-state index is 13.9. The number of sulfone groups is 1. The first-order valence-corrected chi connectivity index (χ1v) is 8.80. The lowest BCUT2D eigenvalue weighted by Gasteiger charge is -2.09. The molecule has 0 amide bonds. The van der Waals surface area contributed by atoms with Crippen molar-refractivity contribution in [3.05, 3.63) is 46.6 Å². The molecule has 0 radical (unpaired) electrons. The predicted molar refractivity (Wildman–Crippen MR) is 83.3 cm³/mol. The van der Waals surface area contributed by atoms with Crippen molar-refractivity contribution >= 4 is 9.84 Å². The van der Waals surface area contributed by atoms with Crippen LogP contribution in [-0.2, 0) is 9.84 Å². The zero-order chi connectivity index (χ0) is 17.2. The maximum Gasteiger partial charge on any atom is 0.303 e. The number of hydrogen-bond acceptors (Lipinski definition) is 5. The van der Waals surface area contributed by atoms with Crippen molar-refractivity contribution in [1.29, 1.82) is 0 Å². The number of benzene rings is 1. The summed E-state index contributed by atoms with van der Waals surface area (Å²) in [5, 5.41) is 3.87. The van der Waals surface area contributed by atoms with Gasteiger partial charge < -0.3 is 4.84 Å². The van der Waals surface area contributed by atoms with Gasteiger partial charge in [0.1, 0.15) is 17.3 Å². The molecule has 0 fully saturated rings. The fourth-order valence-electron chi connectivity index (χ4n) is 1.85. The number of aromatic nitrogens is 2. The summed E-state index contributed by atoms with van der Waals surface area (Å²) in [5.74, 6) is -0.633. The number of halogens is 1. The quantitative estimate of drug-likeness (QED) is 0.825. The lowest BCUT2D eigenvalue weighted by molar-refractivity contribution is 0.0540. The van der Waals surface area contributed by atoms with Crippen molar-refractivity contribution in [2.45, 2.75) is 18.7 Å². The van der Waals surface area contributed by atoms with Crippen LogP contribution in [0.4, 0.5) is 4.39 Å². The van der Waals surface area contributed by atoms with Gasteiger partial charge in [-0.2, -0.15) is 0 Å². The van der Waals surface area contributed by atoms with E-state index < -0.39 is 21.2 Å². The van der Waals surface area contributed by atoms with Crippen LogP contribution in [0.15, 0.2) is 40.2 Å². The molecule has 6 nitrogen and oxygen atoms in total. The van der Waals surface area contributed by atoms with E-state index in [1.165, 1.54) is 24.4 Å². The number of rotatable bonds is 5. The molecule has 0 bridgehead atoms. The lowest BCUT2D eigenvalue weighted by atomic mass is 10.1. The molecule has 2 aromatic rings.